The third-order valence-corrected chi connectivity index (χ3v) is 3.10. The Bertz CT molecular complexity index is 611. The summed E-state index contributed by atoms with van der Waals surface area (Å²) in [5.41, 5.74) is 1.28. The molecule has 1 aliphatic rings. The van der Waals surface area contributed by atoms with Gasteiger partial charge in [0.1, 0.15) is 5.15 Å². The number of aromatic nitrogens is 1. The zero-order valence-corrected chi connectivity index (χ0v) is 10.3. The molecule has 1 fully saturated rings. The first-order valence-electron chi connectivity index (χ1n) is 5.68. The molecule has 0 aliphatic carbocycles. The van der Waals surface area contributed by atoms with Gasteiger partial charge in [-0.05, 0) is 12.1 Å². The molecule has 0 atom stereocenters. The van der Waals surface area contributed by atoms with Crippen LogP contribution in [0.2, 0.25) is 5.15 Å². The van der Waals surface area contributed by atoms with Crippen molar-refractivity contribution in [1.82, 2.24) is 10.3 Å². The van der Waals surface area contributed by atoms with Crippen molar-refractivity contribution in [2.45, 2.75) is 6.04 Å². The molecule has 0 radical (unpaired) electrons. The van der Waals surface area contributed by atoms with E-state index >= 15 is 0 Å². The van der Waals surface area contributed by atoms with Crippen LogP contribution in [0.15, 0.2) is 30.3 Å². The SMILES string of the molecule is O=C(NC1COC1)c1cc(Cl)nc2ccccc12. The number of para-hydroxylation sites is 1. The molecule has 5 heteroatoms. The van der Waals surface area contributed by atoms with E-state index in [1.54, 1.807) is 6.07 Å². The van der Waals surface area contributed by atoms with Gasteiger partial charge in [-0.25, -0.2) is 4.98 Å². The summed E-state index contributed by atoms with van der Waals surface area (Å²) >= 11 is 5.94. The first-order chi connectivity index (χ1) is 8.74. The summed E-state index contributed by atoms with van der Waals surface area (Å²) in [6, 6.07) is 9.14. The van der Waals surface area contributed by atoms with E-state index in [1.807, 2.05) is 24.3 Å². The molecule has 0 unspecified atom stereocenters. The van der Waals surface area contributed by atoms with Crippen molar-refractivity contribution in [3.63, 3.8) is 0 Å². The smallest absolute Gasteiger partial charge is 0.252 e. The van der Waals surface area contributed by atoms with E-state index < -0.39 is 0 Å². The van der Waals surface area contributed by atoms with Crippen LogP contribution in [0.25, 0.3) is 10.9 Å². The normalized spacial score (nSPS) is 15.4. The summed E-state index contributed by atoms with van der Waals surface area (Å²) in [6.07, 6.45) is 0. The van der Waals surface area contributed by atoms with Crippen molar-refractivity contribution in [3.8, 4) is 0 Å². The molecule has 1 saturated heterocycles. The molecule has 3 rings (SSSR count). The molecular formula is C13H11ClN2O2. The highest BCUT2D eigenvalue weighted by molar-refractivity contribution is 6.30. The molecule has 1 amide bonds. The summed E-state index contributed by atoms with van der Waals surface area (Å²) in [5.74, 6) is -0.135. The minimum absolute atomic E-state index is 0.100. The van der Waals surface area contributed by atoms with Crippen LogP contribution in [0.4, 0.5) is 0 Å². The lowest BCUT2D eigenvalue weighted by atomic mass is 10.1. The van der Waals surface area contributed by atoms with Crippen LogP contribution in [0.5, 0.6) is 0 Å². The third-order valence-electron chi connectivity index (χ3n) is 2.90. The Hall–Kier alpha value is -1.65. The van der Waals surface area contributed by atoms with Crippen LogP contribution in [0.1, 0.15) is 10.4 Å². The third kappa shape index (κ3) is 2.05. The highest BCUT2D eigenvalue weighted by Crippen LogP contribution is 2.21. The molecule has 0 bridgehead atoms. The van der Waals surface area contributed by atoms with E-state index in [2.05, 4.69) is 10.3 Å². The number of amides is 1. The Kier molecular flexibility index (Phi) is 2.89. The first kappa shape index (κ1) is 11.4. The van der Waals surface area contributed by atoms with Crippen LogP contribution in [-0.4, -0.2) is 30.1 Å². The van der Waals surface area contributed by atoms with Crippen molar-refractivity contribution in [2.75, 3.05) is 13.2 Å². The van der Waals surface area contributed by atoms with Crippen LogP contribution in [0, 0.1) is 0 Å². The standard InChI is InChI=1S/C13H11ClN2O2/c14-12-5-10(13(17)15-8-6-18-7-8)9-3-1-2-4-11(9)16-12/h1-5,8H,6-7H2,(H,15,17). The van der Waals surface area contributed by atoms with E-state index in [0.29, 0.717) is 23.9 Å². The largest absolute Gasteiger partial charge is 0.377 e. The number of rotatable bonds is 2. The summed E-state index contributed by atoms with van der Waals surface area (Å²) < 4.78 is 5.03. The minimum Gasteiger partial charge on any atom is -0.377 e. The topological polar surface area (TPSA) is 51.2 Å². The number of nitrogens with one attached hydrogen (secondary N) is 1. The number of ether oxygens (including phenoxy) is 1. The molecule has 92 valence electrons. The maximum absolute atomic E-state index is 12.2. The Morgan fingerprint density at radius 3 is 2.89 bits per heavy atom. The molecule has 2 heterocycles. The van der Waals surface area contributed by atoms with Gasteiger partial charge < -0.3 is 10.1 Å². The monoisotopic (exact) mass is 262 g/mol. The van der Waals surface area contributed by atoms with Crippen LogP contribution >= 0.6 is 11.6 Å². The van der Waals surface area contributed by atoms with Crippen molar-refractivity contribution >= 4 is 28.4 Å². The fourth-order valence-electron chi connectivity index (χ4n) is 1.91. The summed E-state index contributed by atoms with van der Waals surface area (Å²) in [5, 5.41) is 4.03. The van der Waals surface area contributed by atoms with Gasteiger partial charge in [-0.1, -0.05) is 29.8 Å². The molecule has 0 saturated carbocycles. The van der Waals surface area contributed by atoms with Gasteiger partial charge >= 0.3 is 0 Å². The number of carbonyl (C=O) groups excluding carboxylic acids is 1. The number of pyridine rings is 1. The van der Waals surface area contributed by atoms with Crippen molar-refractivity contribution in [3.05, 3.63) is 41.0 Å². The Morgan fingerprint density at radius 2 is 2.17 bits per heavy atom. The van der Waals surface area contributed by atoms with E-state index in [0.717, 1.165) is 10.9 Å². The Balaban J connectivity index is 2.01. The first-order valence-corrected chi connectivity index (χ1v) is 6.06. The fourth-order valence-corrected chi connectivity index (χ4v) is 2.11. The number of hydrogen-bond donors (Lipinski definition) is 1. The lowest BCUT2D eigenvalue weighted by Gasteiger charge is -2.27. The molecular weight excluding hydrogens is 252 g/mol. The summed E-state index contributed by atoms with van der Waals surface area (Å²) in [4.78, 5) is 16.4. The van der Waals surface area contributed by atoms with Crippen molar-refractivity contribution < 1.29 is 9.53 Å². The number of halogens is 1. The Labute approximate surface area is 109 Å². The van der Waals surface area contributed by atoms with E-state index in [9.17, 15) is 4.79 Å². The van der Waals surface area contributed by atoms with Crippen LogP contribution < -0.4 is 5.32 Å². The molecule has 2 aromatic rings. The maximum Gasteiger partial charge on any atom is 0.252 e. The van der Waals surface area contributed by atoms with Crippen LogP contribution in [-0.2, 0) is 4.74 Å². The second-order valence-electron chi connectivity index (χ2n) is 4.22. The van der Waals surface area contributed by atoms with E-state index in [-0.39, 0.29) is 11.9 Å². The van der Waals surface area contributed by atoms with Gasteiger partial charge in [0.2, 0.25) is 0 Å². The van der Waals surface area contributed by atoms with Gasteiger partial charge in [0.05, 0.1) is 30.3 Å². The number of benzene rings is 1. The Morgan fingerprint density at radius 1 is 1.39 bits per heavy atom. The second-order valence-corrected chi connectivity index (χ2v) is 4.60. The number of carbonyl (C=O) groups is 1. The fraction of sp³-hybridized carbons (Fsp3) is 0.231. The maximum atomic E-state index is 12.2. The number of hydrogen-bond acceptors (Lipinski definition) is 3. The molecule has 0 spiro atoms. The van der Waals surface area contributed by atoms with E-state index in [1.165, 1.54) is 0 Å². The quantitative estimate of drug-likeness (QED) is 0.843. The highest BCUT2D eigenvalue weighted by atomic mass is 35.5. The van der Waals surface area contributed by atoms with Crippen molar-refractivity contribution in [1.29, 1.82) is 0 Å². The van der Waals surface area contributed by atoms with Crippen molar-refractivity contribution in [2.24, 2.45) is 0 Å². The van der Waals surface area contributed by atoms with Gasteiger partial charge in [0.25, 0.3) is 5.91 Å². The van der Waals surface area contributed by atoms with Gasteiger partial charge in [-0.2, -0.15) is 0 Å². The number of fused-ring (bicyclic) bond motifs is 1. The predicted octanol–water partition coefficient (Wildman–Crippen LogP) is 2.02. The lowest BCUT2D eigenvalue weighted by Crippen LogP contribution is -2.48. The van der Waals surface area contributed by atoms with E-state index in [4.69, 9.17) is 16.3 Å². The average Bonchev–Trinajstić information content (AvgIpc) is 2.32. The number of nitrogens with zero attached hydrogens (tertiary/aromatic N) is 1. The molecule has 1 N–H and O–H groups in total. The summed E-state index contributed by atoms with van der Waals surface area (Å²) in [7, 11) is 0. The van der Waals surface area contributed by atoms with Gasteiger partial charge in [-0.15, -0.1) is 0 Å². The zero-order valence-electron chi connectivity index (χ0n) is 9.52. The molecule has 4 nitrogen and oxygen atoms in total. The zero-order chi connectivity index (χ0) is 12.5. The minimum atomic E-state index is -0.135. The second kappa shape index (κ2) is 4.55. The molecule has 18 heavy (non-hydrogen) atoms. The van der Waals surface area contributed by atoms with Gasteiger partial charge in [0, 0.05) is 5.39 Å². The highest BCUT2D eigenvalue weighted by Gasteiger charge is 2.22. The lowest BCUT2D eigenvalue weighted by molar-refractivity contribution is -0.00343. The predicted molar refractivity (Wildman–Crippen MR) is 68.8 cm³/mol. The molecule has 1 aromatic heterocycles. The average molecular weight is 263 g/mol. The van der Waals surface area contributed by atoms with Gasteiger partial charge in [0.15, 0.2) is 0 Å². The van der Waals surface area contributed by atoms with Crippen LogP contribution in [0.3, 0.4) is 0 Å². The summed E-state index contributed by atoms with van der Waals surface area (Å²) in [6.45, 7) is 1.14. The molecule has 1 aromatic carbocycles. The molecule has 1 aliphatic heterocycles. The van der Waals surface area contributed by atoms with Gasteiger partial charge in [-0.3, -0.25) is 4.79 Å².